The second-order valence-corrected chi connectivity index (χ2v) is 6.48. The van der Waals surface area contributed by atoms with Gasteiger partial charge in [0.2, 0.25) is 0 Å². The number of hydrogen-bond donors (Lipinski definition) is 1. The van der Waals surface area contributed by atoms with Gasteiger partial charge in [0.05, 0.1) is 11.5 Å². The molecule has 0 aliphatic rings. The molecule has 0 radical (unpaired) electrons. The predicted octanol–water partition coefficient (Wildman–Crippen LogP) is 3.59. The molecule has 0 atom stereocenters. The first kappa shape index (κ1) is 14.5. The Morgan fingerprint density at radius 1 is 1.37 bits per heavy atom. The maximum absolute atomic E-state index is 12.6. The van der Waals surface area contributed by atoms with Crippen LogP contribution in [0.15, 0.2) is 17.5 Å². The molecule has 0 spiro atoms. The standard InChI is InChI=1S/C14H19NO2S2/c1-3-10(4-2)15(6-7-16)14(17)13-9-12-11(19-13)5-8-18-12/h5,8-10,16H,3-4,6-7H2,1-2H3. The Bertz CT molecular complexity index is 514. The van der Waals surface area contributed by atoms with E-state index in [1.807, 2.05) is 16.3 Å². The van der Waals surface area contributed by atoms with Gasteiger partial charge >= 0.3 is 0 Å². The van der Waals surface area contributed by atoms with Crippen LogP contribution in [0.25, 0.3) is 9.40 Å². The van der Waals surface area contributed by atoms with Gasteiger partial charge < -0.3 is 10.0 Å². The van der Waals surface area contributed by atoms with Crippen LogP contribution >= 0.6 is 22.7 Å². The average molecular weight is 297 g/mol. The number of amides is 1. The average Bonchev–Trinajstić information content (AvgIpc) is 2.99. The third-order valence-corrected chi connectivity index (χ3v) is 5.42. The highest BCUT2D eigenvalue weighted by molar-refractivity contribution is 7.27. The molecule has 1 amide bonds. The molecule has 0 fully saturated rings. The number of rotatable bonds is 6. The van der Waals surface area contributed by atoms with Gasteiger partial charge in [-0.3, -0.25) is 4.79 Å². The number of fused-ring (bicyclic) bond motifs is 1. The van der Waals surface area contributed by atoms with Crippen molar-refractivity contribution in [3.05, 3.63) is 22.4 Å². The molecule has 3 nitrogen and oxygen atoms in total. The first-order chi connectivity index (χ1) is 9.21. The van der Waals surface area contributed by atoms with E-state index in [4.69, 9.17) is 0 Å². The Balaban J connectivity index is 2.25. The molecule has 5 heteroatoms. The lowest BCUT2D eigenvalue weighted by Gasteiger charge is -2.29. The molecule has 0 aliphatic carbocycles. The molecule has 1 N–H and O–H groups in total. The van der Waals surface area contributed by atoms with Crippen molar-refractivity contribution in [3.8, 4) is 0 Å². The Kier molecular flexibility index (Phi) is 4.96. The van der Waals surface area contributed by atoms with Crippen LogP contribution < -0.4 is 0 Å². The molecule has 104 valence electrons. The molecule has 2 aromatic heterocycles. The Morgan fingerprint density at radius 3 is 2.68 bits per heavy atom. The van der Waals surface area contributed by atoms with Crippen LogP contribution in [0.3, 0.4) is 0 Å². The van der Waals surface area contributed by atoms with E-state index < -0.39 is 0 Å². The van der Waals surface area contributed by atoms with Gasteiger partial charge in [-0.2, -0.15) is 0 Å². The zero-order chi connectivity index (χ0) is 13.8. The monoisotopic (exact) mass is 297 g/mol. The van der Waals surface area contributed by atoms with E-state index in [1.54, 1.807) is 22.7 Å². The highest BCUT2D eigenvalue weighted by Gasteiger charge is 2.23. The predicted molar refractivity (Wildman–Crippen MR) is 82.2 cm³/mol. The largest absolute Gasteiger partial charge is 0.395 e. The molecule has 0 aliphatic heterocycles. The number of carbonyl (C=O) groups is 1. The van der Waals surface area contributed by atoms with Crippen molar-refractivity contribution in [1.29, 1.82) is 0 Å². The van der Waals surface area contributed by atoms with Crippen molar-refractivity contribution in [2.45, 2.75) is 32.7 Å². The third kappa shape index (κ3) is 2.99. The molecular formula is C14H19NO2S2. The van der Waals surface area contributed by atoms with Crippen molar-refractivity contribution in [2.24, 2.45) is 0 Å². The van der Waals surface area contributed by atoms with E-state index >= 15 is 0 Å². The van der Waals surface area contributed by atoms with Crippen molar-refractivity contribution in [1.82, 2.24) is 4.90 Å². The summed E-state index contributed by atoms with van der Waals surface area (Å²) in [6, 6.07) is 4.23. The van der Waals surface area contributed by atoms with E-state index in [0.717, 1.165) is 17.7 Å². The van der Waals surface area contributed by atoms with Gasteiger partial charge in [-0.15, -0.1) is 22.7 Å². The zero-order valence-electron chi connectivity index (χ0n) is 11.3. The van der Waals surface area contributed by atoms with Crippen LogP contribution in [0.1, 0.15) is 36.4 Å². The van der Waals surface area contributed by atoms with Gasteiger partial charge in [0.1, 0.15) is 0 Å². The smallest absolute Gasteiger partial charge is 0.264 e. The van der Waals surface area contributed by atoms with E-state index in [-0.39, 0.29) is 18.6 Å². The number of aliphatic hydroxyl groups is 1. The molecule has 2 aromatic rings. The van der Waals surface area contributed by atoms with Gasteiger partial charge in [-0.05, 0) is 30.4 Å². The van der Waals surface area contributed by atoms with E-state index in [2.05, 4.69) is 19.9 Å². The van der Waals surface area contributed by atoms with Crippen molar-refractivity contribution in [2.75, 3.05) is 13.2 Å². The summed E-state index contributed by atoms with van der Waals surface area (Å²) in [4.78, 5) is 15.2. The minimum atomic E-state index is 0.0159. The molecule has 2 rings (SSSR count). The normalized spacial score (nSPS) is 11.4. The van der Waals surface area contributed by atoms with Crippen LogP contribution in [0.5, 0.6) is 0 Å². The maximum atomic E-state index is 12.6. The molecule has 0 bridgehead atoms. The van der Waals surface area contributed by atoms with Crippen LogP contribution in [-0.2, 0) is 0 Å². The molecule has 2 heterocycles. The summed E-state index contributed by atoms with van der Waals surface area (Å²) in [5.74, 6) is 0.0520. The summed E-state index contributed by atoms with van der Waals surface area (Å²) < 4.78 is 2.34. The second kappa shape index (κ2) is 6.50. The van der Waals surface area contributed by atoms with Gasteiger partial charge in [0.25, 0.3) is 5.91 Å². The number of nitrogens with zero attached hydrogens (tertiary/aromatic N) is 1. The van der Waals surface area contributed by atoms with E-state index in [9.17, 15) is 9.90 Å². The first-order valence-corrected chi connectivity index (χ1v) is 8.29. The summed E-state index contributed by atoms with van der Waals surface area (Å²) in [6.45, 7) is 4.59. The SMILES string of the molecule is CCC(CC)N(CCO)C(=O)c1cc2sccc2s1. The highest BCUT2D eigenvalue weighted by Crippen LogP contribution is 2.31. The van der Waals surface area contributed by atoms with Crippen molar-refractivity contribution < 1.29 is 9.90 Å². The topological polar surface area (TPSA) is 40.5 Å². The van der Waals surface area contributed by atoms with Crippen molar-refractivity contribution in [3.63, 3.8) is 0 Å². The molecule has 0 saturated heterocycles. The number of thiophene rings is 2. The second-order valence-electron chi connectivity index (χ2n) is 4.45. The Morgan fingerprint density at radius 2 is 2.11 bits per heavy atom. The minimum absolute atomic E-state index is 0.0159. The summed E-state index contributed by atoms with van der Waals surface area (Å²) in [6.07, 6.45) is 1.84. The molecule has 19 heavy (non-hydrogen) atoms. The summed E-state index contributed by atoms with van der Waals surface area (Å²) in [5.41, 5.74) is 0. The summed E-state index contributed by atoms with van der Waals surface area (Å²) in [5, 5.41) is 11.2. The molecule has 0 unspecified atom stereocenters. The van der Waals surface area contributed by atoms with Crippen LogP contribution in [0.4, 0.5) is 0 Å². The van der Waals surface area contributed by atoms with Gasteiger partial charge in [-0.25, -0.2) is 0 Å². The summed E-state index contributed by atoms with van der Waals surface area (Å²) in [7, 11) is 0. The number of carbonyl (C=O) groups excluding carboxylic acids is 1. The minimum Gasteiger partial charge on any atom is -0.395 e. The first-order valence-electron chi connectivity index (χ1n) is 6.60. The lowest BCUT2D eigenvalue weighted by atomic mass is 10.1. The molecule has 0 saturated carbocycles. The fraction of sp³-hybridized carbons (Fsp3) is 0.500. The summed E-state index contributed by atoms with van der Waals surface area (Å²) >= 11 is 3.20. The lowest BCUT2D eigenvalue weighted by Crippen LogP contribution is -2.41. The fourth-order valence-corrected chi connectivity index (χ4v) is 4.36. The highest BCUT2D eigenvalue weighted by atomic mass is 32.1. The quantitative estimate of drug-likeness (QED) is 0.885. The molecule has 0 aromatic carbocycles. The Labute approximate surface area is 121 Å². The van der Waals surface area contributed by atoms with Crippen molar-refractivity contribution >= 4 is 38.0 Å². The lowest BCUT2D eigenvalue weighted by molar-refractivity contribution is 0.0627. The zero-order valence-corrected chi connectivity index (χ0v) is 12.9. The number of aliphatic hydroxyl groups excluding tert-OH is 1. The third-order valence-electron chi connectivity index (χ3n) is 3.34. The Hall–Kier alpha value is -0.910. The van der Waals surface area contributed by atoms with Crippen LogP contribution in [0.2, 0.25) is 0 Å². The van der Waals surface area contributed by atoms with E-state index in [1.165, 1.54) is 9.40 Å². The van der Waals surface area contributed by atoms with Gasteiger partial charge in [0.15, 0.2) is 0 Å². The van der Waals surface area contributed by atoms with Crippen LogP contribution in [0, 0.1) is 0 Å². The fourth-order valence-electron chi connectivity index (χ4n) is 2.30. The molecular weight excluding hydrogens is 278 g/mol. The number of hydrogen-bond acceptors (Lipinski definition) is 4. The van der Waals surface area contributed by atoms with E-state index in [0.29, 0.717) is 6.54 Å². The van der Waals surface area contributed by atoms with Gasteiger partial charge in [-0.1, -0.05) is 13.8 Å². The van der Waals surface area contributed by atoms with Gasteiger partial charge in [0, 0.05) is 22.0 Å². The van der Waals surface area contributed by atoms with Crippen LogP contribution in [-0.4, -0.2) is 35.1 Å². The maximum Gasteiger partial charge on any atom is 0.264 e.